The number of carboxylic acids is 1. The van der Waals surface area contributed by atoms with Crippen molar-refractivity contribution in [1.29, 1.82) is 0 Å². The summed E-state index contributed by atoms with van der Waals surface area (Å²) >= 11 is 0. The zero-order valence-electron chi connectivity index (χ0n) is 13.4. The van der Waals surface area contributed by atoms with Crippen molar-refractivity contribution in [1.82, 2.24) is 0 Å². The van der Waals surface area contributed by atoms with Crippen LogP contribution in [0.5, 0.6) is 5.75 Å². The summed E-state index contributed by atoms with van der Waals surface area (Å²) in [7, 11) is 0. The van der Waals surface area contributed by atoms with Gasteiger partial charge < -0.3 is 15.1 Å². The van der Waals surface area contributed by atoms with E-state index >= 15 is 0 Å². The van der Waals surface area contributed by atoms with Gasteiger partial charge in [-0.15, -0.1) is 0 Å². The van der Waals surface area contributed by atoms with Crippen LogP contribution in [0.15, 0.2) is 12.1 Å². The molecule has 1 aromatic carbocycles. The van der Waals surface area contributed by atoms with E-state index in [0.29, 0.717) is 5.69 Å². The largest absolute Gasteiger partial charge is 0.505 e. The van der Waals surface area contributed by atoms with Crippen LogP contribution in [0.25, 0.3) is 0 Å². The average molecular weight is 293 g/mol. The fourth-order valence-corrected chi connectivity index (χ4v) is 2.63. The number of nitrogens with zero attached hydrogens (tertiary/aromatic N) is 1. The maximum atomic E-state index is 11.2. The lowest BCUT2D eigenvalue weighted by Gasteiger charge is -2.26. The van der Waals surface area contributed by atoms with Crippen molar-refractivity contribution in [3.05, 3.63) is 23.3 Å². The molecule has 0 bridgehead atoms. The van der Waals surface area contributed by atoms with E-state index in [1.54, 1.807) is 0 Å². The molecule has 0 radical (unpaired) electrons. The van der Waals surface area contributed by atoms with E-state index in [0.717, 1.165) is 37.9 Å². The van der Waals surface area contributed by atoms with E-state index in [1.165, 1.54) is 18.9 Å². The van der Waals surface area contributed by atoms with E-state index in [9.17, 15) is 15.0 Å². The maximum absolute atomic E-state index is 11.2. The Labute approximate surface area is 127 Å². The van der Waals surface area contributed by atoms with Gasteiger partial charge >= 0.3 is 5.97 Å². The van der Waals surface area contributed by atoms with Crippen molar-refractivity contribution < 1.29 is 15.0 Å². The summed E-state index contributed by atoms with van der Waals surface area (Å²) in [6.07, 6.45) is 5.49. The molecule has 21 heavy (non-hydrogen) atoms. The number of carbonyl (C=O) groups is 1. The summed E-state index contributed by atoms with van der Waals surface area (Å²) in [5.74, 6) is -1.18. The molecule has 4 heteroatoms. The number of phenols is 1. The van der Waals surface area contributed by atoms with Crippen LogP contribution in [-0.4, -0.2) is 29.3 Å². The first kappa shape index (κ1) is 17.3. The van der Waals surface area contributed by atoms with Crippen molar-refractivity contribution in [2.24, 2.45) is 0 Å². The minimum Gasteiger partial charge on any atom is -0.505 e. The van der Waals surface area contributed by atoms with Gasteiger partial charge in [0, 0.05) is 13.1 Å². The zero-order chi connectivity index (χ0) is 15.8. The van der Waals surface area contributed by atoms with Crippen LogP contribution in [0.1, 0.15) is 62.4 Å². The summed E-state index contributed by atoms with van der Waals surface area (Å²) in [4.78, 5) is 13.2. The SMILES string of the molecule is CCCCCCc1ccc(C(=O)O)c(O)c1N(CC)CC. The number of hydrogen-bond donors (Lipinski definition) is 2. The summed E-state index contributed by atoms with van der Waals surface area (Å²) in [5.41, 5.74) is 1.71. The van der Waals surface area contributed by atoms with Crippen molar-refractivity contribution in [2.75, 3.05) is 18.0 Å². The highest BCUT2D eigenvalue weighted by Gasteiger charge is 2.20. The Morgan fingerprint density at radius 2 is 1.76 bits per heavy atom. The van der Waals surface area contributed by atoms with E-state index in [-0.39, 0.29) is 11.3 Å². The topological polar surface area (TPSA) is 60.8 Å². The van der Waals surface area contributed by atoms with Crippen LogP contribution >= 0.6 is 0 Å². The highest BCUT2D eigenvalue weighted by molar-refractivity contribution is 5.94. The monoisotopic (exact) mass is 293 g/mol. The van der Waals surface area contributed by atoms with Gasteiger partial charge in [0.1, 0.15) is 5.56 Å². The first-order valence-corrected chi connectivity index (χ1v) is 7.89. The quantitative estimate of drug-likeness (QED) is 0.674. The second-order valence-corrected chi connectivity index (χ2v) is 5.26. The van der Waals surface area contributed by atoms with Gasteiger partial charge in [-0.1, -0.05) is 32.3 Å². The number of hydrogen-bond acceptors (Lipinski definition) is 3. The number of aromatic hydroxyl groups is 1. The van der Waals surface area contributed by atoms with Crippen LogP contribution in [0.4, 0.5) is 5.69 Å². The highest BCUT2D eigenvalue weighted by atomic mass is 16.4. The standard InChI is InChI=1S/C17H27NO3/c1-4-7-8-9-10-13-11-12-14(17(20)21)16(19)15(13)18(5-2)6-3/h11-12,19H,4-10H2,1-3H3,(H,20,21). The third kappa shape index (κ3) is 4.38. The lowest BCUT2D eigenvalue weighted by Crippen LogP contribution is -2.24. The van der Waals surface area contributed by atoms with Gasteiger partial charge in [0.15, 0.2) is 5.75 Å². The summed E-state index contributed by atoms with van der Waals surface area (Å²) in [5, 5.41) is 19.5. The molecular formula is C17H27NO3. The smallest absolute Gasteiger partial charge is 0.339 e. The van der Waals surface area contributed by atoms with Crippen LogP contribution in [-0.2, 0) is 6.42 Å². The number of rotatable bonds is 9. The normalized spacial score (nSPS) is 10.6. The van der Waals surface area contributed by atoms with Crippen molar-refractivity contribution in [3.63, 3.8) is 0 Å². The highest BCUT2D eigenvalue weighted by Crippen LogP contribution is 2.35. The summed E-state index contributed by atoms with van der Waals surface area (Å²) < 4.78 is 0. The lowest BCUT2D eigenvalue weighted by molar-refractivity contribution is 0.0694. The van der Waals surface area contributed by atoms with Gasteiger partial charge in [0.05, 0.1) is 5.69 Å². The van der Waals surface area contributed by atoms with E-state index < -0.39 is 5.97 Å². The minimum atomic E-state index is -1.08. The van der Waals surface area contributed by atoms with Gasteiger partial charge in [-0.2, -0.15) is 0 Å². The predicted molar refractivity (Wildman–Crippen MR) is 86.5 cm³/mol. The van der Waals surface area contributed by atoms with E-state index in [2.05, 4.69) is 6.92 Å². The molecule has 1 aromatic rings. The van der Waals surface area contributed by atoms with Crippen molar-refractivity contribution in [2.45, 2.75) is 52.9 Å². The molecule has 118 valence electrons. The van der Waals surface area contributed by atoms with Crippen molar-refractivity contribution >= 4 is 11.7 Å². The van der Waals surface area contributed by atoms with E-state index in [4.69, 9.17) is 0 Å². The fourth-order valence-electron chi connectivity index (χ4n) is 2.63. The summed E-state index contributed by atoms with van der Waals surface area (Å²) in [6.45, 7) is 7.69. The Morgan fingerprint density at radius 1 is 1.10 bits per heavy atom. The van der Waals surface area contributed by atoms with Gasteiger partial charge in [-0.3, -0.25) is 0 Å². The summed E-state index contributed by atoms with van der Waals surface area (Å²) in [6, 6.07) is 3.36. The second-order valence-electron chi connectivity index (χ2n) is 5.26. The number of anilines is 1. The molecule has 0 aliphatic carbocycles. The number of carboxylic acid groups (broad SMARTS) is 1. The molecule has 0 aliphatic heterocycles. The minimum absolute atomic E-state index is 0.0193. The van der Waals surface area contributed by atoms with Gasteiger partial charge in [0.25, 0.3) is 0 Å². The van der Waals surface area contributed by atoms with Gasteiger partial charge in [0.2, 0.25) is 0 Å². The molecule has 2 N–H and O–H groups in total. The van der Waals surface area contributed by atoms with Crippen LogP contribution in [0.3, 0.4) is 0 Å². The number of aryl methyl sites for hydroxylation is 1. The second kappa shape index (κ2) is 8.55. The molecule has 0 spiro atoms. The molecule has 1 rings (SSSR count). The first-order chi connectivity index (χ1) is 10.1. The average Bonchev–Trinajstić information content (AvgIpc) is 2.46. The Bertz CT molecular complexity index is 467. The van der Waals surface area contributed by atoms with Gasteiger partial charge in [-0.25, -0.2) is 4.79 Å². The molecule has 0 aliphatic rings. The zero-order valence-corrected chi connectivity index (χ0v) is 13.4. The van der Waals surface area contributed by atoms with Crippen LogP contribution < -0.4 is 4.90 Å². The Balaban J connectivity index is 3.11. The lowest BCUT2D eigenvalue weighted by atomic mass is 10.00. The molecule has 0 unspecified atom stereocenters. The first-order valence-electron chi connectivity index (χ1n) is 7.89. The Hall–Kier alpha value is -1.71. The number of unbranched alkanes of at least 4 members (excludes halogenated alkanes) is 3. The third-order valence-corrected chi connectivity index (χ3v) is 3.84. The van der Waals surface area contributed by atoms with Crippen LogP contribution in [0, 0.1) is 0 Å². The molecule has 0 amide bonds. The van der Waals surface area contributed by atoms with Gasteiger partial charge in [-0.05, 0) is 38.3 Å². The molecule has 0 atom stereocenters. The van der Waals surface area contributed by atoms with Crippen molar-refractivity contribution in [3.8, 4) is 5.75 Å². The molecule has 0 saturated carbocycles. The molecule has 0 heterocycles. The number of benzene rings is 1. The molecule has 0 aromatic heterocycles. The predicted octanol–water partition coefficient (Wildman–Crippen LogP) is 4.06. The Kier molecular flexibility index (Phi) is 7.06. The van der Waals surface area contributed by atoms with Crippen LogP contribution in [0.2, 0.25) is 0 Å². The fraction of sp³-hybridized carbons (Fsp3) is 0.588. The van der Waals surface area contributed by atoms with E-state index in [1.807, 2.05) is 24.8 Å². The number of aromatic carboxylic acids is 1. The molecule has 0 fully saturated rings. The maximum Gasteiger partial charge on any atom is 0.339 e. The molecule has 0 saturated heterocycles. The molecular weight excluding hydrogens is 266 g/mol. The Morgan fingerprint density at radius 3 is 2.29 bits per heavy atom. The third-order valence-electron chi connectivity index (χ3n) is 3.84. The molecule has 4 nitrogen and oxygen atoms in total.